The van der Waals surface area contributed by atoms with Crippen LogP contribution in [0, 0.1) is 17.6 Å². The van der Waals surface area contributed by atoms with Crippen LogP contribution in [-0.2, 0) is 6.42 Å². The van der Waals surface area contributed by atoms with E-state index in [4.69, 9.17) is 0 Å². The highest BCUT2D eigenvalue weighted by Crippen LogP contribution is 2.11. The minimum atomic E-state index is -0.515. The first-order valence-corrected chi connectivity index (χ1v) is 5.74. The van der Waals surface area contributed by atoms with E-state index in [9.17, 15) is 8.78 Å². The molecule has 0 radical (unpaired) electrons. The number of halogens is 2. The van der Waals surface area contributed by atoms with E-state index < -0.39 is 11.6 Å². The number of hydrogen-bond acceptors (Lipinski definition) is 1. The number of hydrogen-bond donors (Lipinski definition) is 1. The molecule has 1 aromatic carbocycles. The van der Waals surface area contributed by atoms with Crippen LogP contribution in [0.25, 0.3) is 0 Å². The van der Waals surface area contributed by atoms with E-state index in [0.29, 0.717) is 17.9 Å². The van der Waals surface area contributed by atoms with Crippen LogP contribution in [-0.4, -0.2) is 13.1 Å². The second kappa shape index (κ2) is 6.59. The van der Waals surface area contributed by atoms with Gasteiger partial charge < -0.3 is 5.32 Å². The summed E-state index contributed by atoms with van der Waals surface area (Å²) >= 11 is 0. The van der Waals surface area contributed by atoms with Crippen LogP contribution in [0.3, 0.4) is 0 Å². The lowest BCUT2D eigenvalue weighted by Gasteiger charge is -2.07. The van der Waals surface area contributed by atoms with Gasteiger partial charge in [-0.3, -0.25) is 0 Å². The summed E-state index contributed by atoms with van der Waals surface area (Å²) in [7, 11) is 0. The molecular weight excluding hydrogens is 208 g/mol. The molecule has 0 spiro atoms. The zero-order valence-corrected chi connectivity index (χ0v) is 9.89. The Hall–Kier alpha value is -0.960. The largest absolute Gasteiger partial charge is 0.316 e. The van der Waals surface area contributed by atoms with Crippen LogP contribution in [0.5, 0.6) is 0 Å². The maximum atomic E-state index is 13.2. The number of rotatable bonds is 6. The Kier molecular flexibility index (Phi) is 5.39. The molecule has 0 heterocycles. The molecule has 0 unspecified atom stereocenters. The molecule has 1 nitrogen and oxygen atoms in total. The van der Waals surface area contributed by atoms with Crippen molar-refractivity contribution in [3.63, 3.8) is 0 Å². The van der Waals surface area contributed by atoms with Crippen LogP contribution in [0.15, 0.2) is 18.2 Å². The van der Waals surface area contributed by atoms with Crippen LogP contribution < -0.4 is 5.32 Å². The Morgan fingerprint density at radius 2 is 2.00 bits per heavy atom. The van der Waals surface area contributed by atoms with Crippen molar-refractivity contribution in [1.82, 2.24) is 5.32 Å². The molecule has 0 saturated heterocycles. The van der Waals surface area contributed by atoms with Crippen molar-refractivity contribution in [3.8, 4) is 0 Å². The lowest BCUT2D eigenvalue weighted by Crippen LogP contribution is -2.21. The second-order valence-electron chi connectivity index (χ2n) is 4.44. The van der Waals surface area contributed by atoms with Crippen molar-refractivity contribution in [2.45, 2.75) is 26.7 Å². The molecule has 1 aromatic rings. The predicted molar refractivity (Wildman–Crippen MR) is 62.4 cm³/mol. The standard InChI is InChI=1S/C13H19F2N/c1-10(2)9-16-7-3-4-11-5-6-12(14)8-13(11)15/h5-6,8,10,16H,3-4,7,9H2,1-2H3. The molecule has 0 bridgehead atoms. The number of nitrogens with one attached hydrogen (secondary N) is 1. The average Bonchev–Trinajstić information content (AvgIpc) is 2.20. The van der Waals surface area contributed by atoms with Gasteiger partial charge >= 0.3 is 0 Å². The van der Waals surface area contributed by atoms with Gasteiger partial charge in [-0.05, 0) is 43.5 Å². The molecule has 1 rings (SSSR count). The molecule has 16 heavy (non-hydrogen) atoms. The average molecular weight is 227 g/mol. The third-order valence-corrected chi connectivity index (χ3v) is 2.37. The lowest BCUT2D eigenvalue weighted by molar-refractivity contribution is 0.535. The first-order chi connectivity index (χ1) is 7.59. The fraction of sp³-hybridized carbons (Fsp3) is 0.538. The van der Waals surface area contributed by atoms with Gasteiger partial charge in [0.05, 0.1) is 0 Å². The first kappa shape index (κ1) is 13.1. The van der Waals surface area contributed by atoms with Crippen molar-refractivity contribution in [1.29, 1.82) is 0 Å². The van der Waals surface area contributed by atoms with Gasteiger partial charge in [-0.2, -0.15) is 0 Å². The van der Waals surface area contributed by atoms with E-state index in [1.54, 1.807) is 0 Å². The zero-order valence-electron chi connectivity index (χ0n) is 9.89. The smallest absolute Gasteiger partial charge is 0.129 e. The normalized spacial score (nSPS) is 11.1. The molecule has 0 amide bonds. The van der Waals surface area contributed by atoms with Gasteiger partial charge in [0.2, 0.25) is 0 Å². The third-order valence-electron chi connectivity index (χ3n) is 2.37. The minimum absolute atomic E-state index is 0.441. The summed E-state index contributed by atoms with van der Waals surface area (Å²) in [6, 6.07) is 3.77. The summed E-state index contributed by atoms with van der Waals surface area (Å²) in [5.41, 5.74) is 0.591. The summed E-state index contributed by atoms with van der Waals surface area (Å²) in [6.07, 6.45) is 1.52. The number of aryl methyl sites for hydroxylation is 1. The van der Waals surface area contributed by atoms with Crippen molar-refractivity contribution in [2.24, 2.45) is 5.92 Å². The lowest BCUT2D eigenvalue weighted by atomic mass is 10.1. The molecule has 0 aliphatic carbocycles. The molecule has 0 aliphatic heterocycles. The van der Waals surface area contributed by atoms with E-state index in [1.165, 1.54) is 12.1 Å². The third kappa shape index (κ3) is 4.71. The quantitative estimate of drug-likeness (QED) is 0.736. The summed E-state index contributed by atoms with van der Waals surface area (Å²) in [6.45, 7) is 6.14. The van der Waals surface area contributed by atoms with E-state index in [2.05, 4.69) is 19.2 Å². The first-order valence-electron chi connectivity index (χ1n) is 5.74. The van der Waals surface area contributed by atoms with Crippen LogP contribution in [0.2, 0.25) is 0 Å². The Bertz CT molecular complexity index is 324. The van der Waals surface area contributed by atoms with Gasteiger partial charge in [0.25, 0.3) is 0 Å². The summed E-state index contributed by atoms with van der Waals surface area (Å²) in [5, 5.41) is 3.29. The van der Waals surface area contributed by atoms with E-state index in [0.717, 1.165) is 25.6 Å². The number of benzene rings is 1. The Morgan fingerprint density at radius 1 is 1.25 bits per heavy atom. The van der Waals surface area contributed by atoms with Gasteiger partial charge in [-0.15, -0.1) is 0 Å². The van der Waals surface area contributed by atoms with Gasteiger partial charge in [-0.25, -0.2) is 8.78 Å². The SMILES string of the molecule is CC(C)CNCCCc1ccc(F)cc1F. The Labute approximate surface area is 95.9 Å². The van der Waals surface area contributed by atoms with Crippen molar-refractivity contribution >= 4 is 0 Å². The highest BCUT2D eigenvalue weighted by molar-refractivity contribution is 5.18. The van der Waals surface area contributed by atoms with Crippen LogP contribution >= 0.6 is 0 Å². The van der Waals surface area contributed by atoms with Gasteiger partial charge in [0.15, 0.2) is 0 Å². The fourth-order valence-electron chi connectivity index (χ4n) is 1.52. The molecular formula is C13H19F2N. The Morgan fingerprint density at radius 3 is 2.62 bits per heavy atom. The van der Waals surface area contributed by atoms with E-state index >= 15 is 0 Å². The van der Waals surface area contributed by atoms with Gasteiger partial charge in [0.1, 0.15) is 11.6 Å². The van der Waals surface area contributed by atoms with E-state index in [-0.39, 0.29) is 0 Å². The monoisotopic (exact) mass is 227 g/mol. The molecule has 90 valence electrons. The summed E-state index contributed by atoms with van der Waals surface area (Å²) < 4.78 is 25.9. The Balaban J connectivity index is 2.27. The predicted octanol–water partition coefficient (Wildman–Crippen LogP) is 3.14. The highest BCUT2D eigenvalue weighted by atomic mass is 19.1. The maximum absolute atomic E-state index is 13.2. The molecule has 1 N–H and O–H groups in total. The molecule has 0 atom stereocenters. The fourth-order valence-corrected chi connectivity index (χ4v) is 1.52. The molecule has 0 saturated carbocycles. The van der Waals surface area contributed by atoms with Gasteiger partial charge in [-0.1, -0.05) is 19.9 Å². The van der Waals surface area contributed by atoms with Crippen LogP contribution in [0.1, 0.15) is 25.8 Å². The molecule has 0 aromatic heterocycles. The zero-order chi connectivity index (χ0) is 12.0. The van der Waals surface area contributed by atoms with Crippen molar-refractivity contribution < 1.29 is 8.78 Å². The maximum Gasteiger partial charge on any atom is 0.129 e. The molecule has 0 aliphatic rings. The van der Waals surface area contributed by atoms with E-state index in [1.807, 2.05) is 0 Å². The van der Waals surface area contributed by atoms with Crippen molar-refractivity contribution in [3.05, 3.63) is 35.4 Å². The topological polar surface area (TPSA) is 12.0 Å². The second-order valence-corrected chi connectivity index (χ2v) is 4.44. The van der Waals surface area contributed by atoms with Gasteiger partial charge in [0, 0.05) is 6.07 Å². The molecule has 3 heteroatoms. The highest BCUT2D eigenvalue weighted by Gasteiger charge is 2.03. The summed E-state index contributed by atoms with van der Waals surface area (Å²) in [5.74, 6) is -0.328. The molecule has 0 fully saturated rings. The van der Waals surface area contributed by atoms with Crippen LogP contribution in [0.4, 0.5) is 8.78 Å². The minimum Gasteiger partial charge on any atom is -0.316 e. The summed E-state index contributed by atoms with van der Waals surface area (Å²) in [4.78, 5) is 0. The van der Waals surface area contributed by atoms with Crippen molar-refractivity contribution in [2.75, 3.05) is 13.1 Å².